The van der Waals surface area contributed by atoms with Gasteiger partial charge in [0.15, 0.2) is 5.82 Å². The van der Waals surface area contributed by atoms with E-state index in [0.29, 0.717) is 43.9 Å². The van der Waals surface area contributed by atoms with E-state index in [0.717, 1.165) is 31.0 Å². The van der Waals surface area contributed by atoms with E-state index in [1.54, 1.807) is 0 Å². The molecule has 2 aromatic heterocycles. The second kappa shape index (κ2) is 7.16. The molecular weight excluding hydrogens is 336 g/mol. The molecule has 0 amide bonds. The Bertz CT molecular complexity index is 755. The summed E-state index contributed by atoms with van der Waals surface area (Å²) >= 11 is 0. The highest BCUT2D eigenvalue weighted by Gasteiger charge is 2.29. The summed E-state index contributed by atoms with van der Waals surface area (Å²) in [6, 6.07) is 2.01. The molecule has 4 rings (SSSR count). The van der Waals surface area contributed by atoms with Crippen molar-refractivity contribution in [3.8, 4) is 0 Å². The van der Waals surface area contributed by atoms with Crippen LogP contribution in [0.5, 0.6) is 0 Å². The maximum absolute atomic E-state index is 9.60. The summed E-state index contributed by atoms with van der Waals surface area (Å²) in [4.78, 5) is 17.8. The average Bonchev–Trinajstić information content (AvgIpc) is 3.30. The van der Waals surface area contributed by atoms with E-state index < -0.39 is 0 Å². The molecule has 26 heavy (non-hydrogen) atoms. The molecule has 9 heteroatoms. The fourth-order valence-corrected chi connectivity index (χ4v) is 3.16. The third-order valence-electron chi connectivity index (χ3n) is 4.80. The van der Waals surface area contributed by atoms with Crippen LogP contribution < -0.4 is 9.80 Å². The van der Waals surface area contributed by atoms with Gasteiger partial charge in [0, 0.05) is 45.1 Å². The summed E-state index contributed by atoms with van der Waals surface area (Å²) in [5.41, 5.74) is 0.984. The number of β-amino-alcohol motifs (C(OH)–C–C–N with tert-alkyl or cyclic N) is 1. The smallest absolute Gasteiger partial charge is 0.227 e. The molecule has 1 atom stereocenters. The highest BCUT2D eigenvalue weighted by atomic mass is 16.5. The Balaban J connectivity index is 1.58. The maximum atomic E-state index is 9.60. The molecule has 2 saturated heterocycles. The van der Waals surface area contributed by atoms with Crippen molar-refractivity contribution >= 4 is 11.8 Å². The van der Waals surface area contributed by atoms with Crippen molar-refractivity contribution in [2.75, 3.05) is 43.2 Å². The largest absolute Gasteiger partial charge is 0.389 e. The molecule has 2 aliphatic heterocycles. The lowest BCUT2D eigenvalue weighted by Crippen LogP contribution is -2.51. The van der Waals surface area contributed by atoms with Crippen molar-refractivity contribution in [3.63, 3.8) is 0 Å². The molecule has 2 aliphatic rings. The molecule has 9 nitrogen and oxygen atoms in total. The summed E-state index contributed by atoms with van der Waals surface area (Å²) in [6.45, 7) is 5.07. The van der Waals surface area contributed by atoms with Crippen molar-refractivity contribution in [2.45, 2.75) is 38.3 Å². The second-order valence-electron chi connectivity index (χ2n) is 6.88. The van der Waals surface area contributed by atoms with Gasteiger partial charge in [-0.2, -0.15) is 9.97 Å². The summed E-state index contributed by atoms with van der Waals surface area (Å²) in [5.74, 6) is 3.02. The first-order valence-corrected chi connectivity index (χ1v) is 9.04. The Morgan fingerprint density at radius 1 is 1.31 bits per heavy atom. The number of hydrogen-bond donors (Lipinski definition) is 1. The monoisotopic (exact) mass is 360 g/mol. The van der Waals surface area contributed by atoms with E-state index in [1.807, 2.05) is 29.8 Å². The van der Waals surface area contributed by atoms with E-state index >= 15 is 0 Å². The standard InChI is InChI=1S/C17H24N6O3/c1-3-16-19-14(21-26-16)9-22(2)15-6-13(11-4-5-25-10-11)18-17(20-15)23-7-12(24)8-23/h6,11-12,24H,3-5,7-10H2,1-2H3/t11-/m1/s1. The normalized spacial score (nSPS) is 20.4. The van der Waals surface area contributed by atoms with E-state index in [9.17, 15) is 5.11 Å². The van der Waals surface area contributed by atoms with E-state index in [1.165, 1.54) is 0 Å². The van der Waals surface area contributed by atoms with Crippen LogP contribution in [-0.2, 0) is 17.7 Å². The fourth-order valence-electron chi connectivity index (χ4n) is 3.16. The zero-order valence-electron chi connectivity index (χ0n) is 15.1. The number of aliphatic hydroxyl groups excluding tert-OH is 1. The van der Waals surface area contributed by atoms with Crippen LogP contribution >= 0.6 is 0 Å². The molecule has 1 N–H and O–H groups in total. The zero-order chi connectivity index (χ0) is 18.1. The Kier molecular flexibility index (Phi) is 4.73. The minimum atomic E-state index is -0.301. The number of hydrogen-bond acceptors (Lipinski definition) is 9. The van der Waals surface area contributed by atoms with Gasteiger partial charge in [0.25, 0.3) is 0 Å². The molecular formula is C17H24N6O3. The summed E-state index contributed by atoms with van der Waals surface area (Å²) in [6.07, 6.45) is 1.38. The fraction of sp³-hybridized carbons (Fsp3) is 0.647. The molecule has 2 aromatic rings. The summed E-state index contributed by atoms with van der Waals surface area (Å²) in [5, 5.41) is 13.6. The van der Waals surface area contributed by atoms with Crippen molar-refractivity contribution < 1.29 is 14.4 Å². The first-order valence-electron chi connectivity index (χ1n) is 9.04. The molecule has 0 saturated carbocycles. The van der Waals surface area contributed by atoms with Crippen LogP contribution in [-0.4, -0.2) is 64.7 Å². The van der Waals surface area contributed by atoms with Crippen molar-refractivity contribution in [1.82, 2.24) is 20.1 Å². The molecule has 4 heterocycles. The molecule has 0 bridgehead atoms. The van der Waals surface area contributed by atoms with Crippen LogP contribution in [0, 0.1) is 0 Å². The number of nitrogens with zero attached hydrogens (tertiary/aromatic N) is 6. The molecule has 0 aliphatic carbocycles. The maximum Gasteiger partial charge on any atom is 0.227 e. The van der Waals surface area contributed by atoms with Crippen molar-refractivity contribution in [1.29, 1.82) is 0 Å². The Hall–Kier alpha value is -2.26. The topological polar surface area (TPSA) is 101 Å². The van der Waals surface area contributed by atoms with Gasteiger partial charge < -0.3 is 24.2 Å². The number of rotatable bonds is 6. The Labute approximate surface area is 152 Å². The summed E-state index contributed by atoms with van der Waals surface area (Å²) in [7, 11) is 1.95. The van der Waals surface area contributed by atoms with Gasteiger partial charge in [-0.3, -0.25) is 0 Å². The number of aliphatic hydroxyl groups is 1. The quantitative estimate of drug-likeness (QED) is 0.799. The second-order valence-corrected chi connectivity index (χ2v) is 6.88. The number of aromatic nitrogens is 4. The lowest BCUT2D eigenvalue weighted by atomic mass is 10.0. The van der Waals surface area contributed by atoms with E-state index in [4.69, 9.17) is 14.2 Å². The Morgan fingerprint density at radius 2 is 2.15 bits per heavy atom. The van der Waals surface area contributed by atoms with Crippen LogP contribution in [0.2, 0.25) is 0 Å². The Morgan fingerprint density at radius 3 is 2.81 bits per heavy atom. The van der Waals surface area contributed by atoms with Crippen LogP contribution in [0.1, 0.15) is 36.7 Å². The van der Waals surface area contributed by atoms with Gasteiger partial charge >= 0.3 is 0 Å². The van der Waals surface area contributed by atoms with Crippen molar-refractivity contribution in [2.24, 2.45) is 0 Å². The summed E-state index contributed by atoms with van der Waals surface area (Å²) < 4.78 is 10.7. The minimum absolute atomic E-state index is 0.284. The number of anilines is 2. The van der Waals surface area contributed by atoms with Crippen LogP contribution in [0.15, 0.2) is 10.6 Å². The van der Waals surface area contributed by atoms with Gasteiger partial charge in [0.2, 0.25) is 11.8 Å². The third-order valence-corrected chi connectivity index (χ3v) is 4.80. The molecule has 0 spiro atoms. The predicted octanol–water partition coefficient (Wildman–Crippen LogP) is 0.743. The van der Waals surface area contributed by atoms with E-state index in [2.05, 4.69) is 15.1 Å². The molecule has 0 radical (unpaired) electrons. The highest BCUT2D eigenvalue weighted by molar-refractivity contribution is 5.47. The van der Waals surface area contributed by atoms with Crippen LogP contribution in [0.4, 0.5) is 11.8 Å². The predicted molar refractivity (Wildman–Crippen MR) is 94.2 cm³/mol. The highest BCUT2D eigenvalue weighted by Crippen LogP contribution is 2.29. The first-order chi connectivity index (χ1) is 12.6. The van der Waals surface area contributed by atoms with Gasteiger partial charge in [0.1, 0.15) is 5.82 Å². The lowest BCUT2D eigenvalue weighted by Gasteiger charge is -2.36. The number of aryl methyl sites for hydroxylation is 1. The lowest BCUT2D eigenvalue weighted by molar-refractivity contribution is 0.140. The van der Waals surface area contributed by atoms with Crippen molar-refractivity contribution in [3.05, 3.63) is 23.5 Å². The van der Waals surface area contributed by atoms with Gasteiger partial charge in [-0.25, -0.2) is 4.98 Å². The van der Waals surface area contributed by atoms with Crippen LogP contribution in [0.3, 0.4) is 0 Å². The average molecular weight is 360 g/mol. The van der Waals surface area contributed by atoms with Gasteiger partial charge in [-0.05, 0) is 6.42 Å². The molecule has 0 aromatic carbocycles. The molecule has 0 unspecified atom stereocenters. The van der Waals surface area contributed by atoms with Crippen LogP contribution in [0.25, 0.3) is 0 Å². The van der Waals surface area contributed by atoms with Gasteiger partial charge in [0.05, 0.1) is 24.9 Å². The van der Waals surface area contributed by atoms with Gasteiger partial charge in [-0.15, -0.1) is 0 Å². The third kappa shape index (κ3) is 3.49. The SMILES string of the molecule is CCc1nc(CN(C)c2cc([C@@H]3CCOC3)nc(N3CC(O)C3)n2)no1. The molecule has 2 fully saturated rings. The van der Waals surface area contributed by atoms with Gasteiger partial charge in [-0.1, -0.05) is 12.1 Å². The van der Waals surface area contributed by atoms with E-state index in [-0.39, 0.29) is 12.0 Å². The minimum Gasteiger partial charge on any atom is -0.389 e. The first kappa shape index (κ1) is 17.2. The molecule has 140 valence electrons. The number of ether oxygens (including phenoxy) is 1. The zero-order valence-corrected chi connectivity index (χ0v) is 15.1.